The molecule has 0 atom stereocenters. The Morgan fingerprint density at radius 2 is 0.787 bits per heavy atom. The molecule has 3 heterocycles. The van der Waals surface area contributed by atoms with Gasteiger partial charge in [-0.05, 0) is 131 Å². The molecule has 0 fully saturated rings. The Kier molecular flexibility index (Phi) is 7.65. The summed E-state index contributed by atoms with van der Waals surface area (Å²) in [4.78, 5) is 4.72. The molecule has 3 nitrogen and oxygen atoms in total. The van der Waals surface area contributed by atoms with Crippen molar-refractivity contribution in [3.63, 3.8) is 0 Å². The second-order valence-electron chi connectivity index (χ2n) is 15.7. The van der Waals surface area contributed by atoms with Crippen molar-refractivity contribution in [2.75, 3.05) is 9.80 Å². The first-order valence-corrected chi connectivity index (χ1v) is 22.2. The number of hydrogen-bond acceptors (Lipinski definition) is 5. The van der Waals surface area contributed by atoms with E-state index >= 15 is 0 Å². The molecule has 0 bridgehead atoms. The van der Waals surface area contributed by atoms with Crippen LogP contribution in [0, 0.1) is 0 Å². The lowest BCUT2D eigenvalue weighted by molar-refractivity contribution is 0.487. The minimum atomic E-state index is 0.850. The van der Waals surface area contributed by atoms with E-state index in [1.54, 1.807) is 0 Å². The summed E-state index contributed by atoms with van der Waals surface area (Å²) in [6, 6.07) is 74.9. The van der Waals surface area contributed by atoms with Crippen molar-refractivity contribution in [2.24, 2.45) is 0 Å². The van der Waals surface area contributed by atoms with E-state index in [1.165, 1.54) is 62.1 Å². The van der Waals surface area contributed by atoms with Gasteiger partial charge in [-0.1, -0.05) is 91.0 Å². The third-order valence-corrected chi connectivity index (χ3v) is 14.5. The molecule has 0 amide bonds. The van der Waals surface area contributed by atoms with E-state index in [0.29, 0.717) is 0 Å². The van der Waals surface area contributed by atoms with Gasteiger partial charge in [-0.2, -0.15) is 0 Å². The average molecular weight is 815 g/mol. The molecule has 286 valence electrons. The van der Waals surface area contributed by atoms with E-state index in [1.807, 2.05) is 22.7 Å². The first-order chi connectivity index (χ1) is 30.2. The highest BCUT2D eigenvalue weighted by molar-refractivity contribution is 7.26. The van der Waals surface area contributed by atoms with Crippen molar-refractivity contribution in [1.29, 1.82) is 0 Å². The number of hydrogen-bond donors (Lipinski definition) is 0. The Morgan fingerprint density at radius 3 is 1.41 bits per heavy atom. The van der Waals surface area contributed by atoms with Gasteiger partial charge >= 0.3 is 0 Å². The molecule has 0 aliphatic carbocycles. The predicted octanol–water partition coefficient (Wildman–Crippen LogP) is 17.4. The Labute approximate surface area is 360 Å². The summed E-state index contributed by atoms with van der Waals surface area (Å²) in [6.07, 6.45) is 0. The summed E-state index contributed by atoms with van der Waals surface area (Å²) >= 11 is 3.69. The van der Waals surface area contributed by atoms with E-state index in [4.69, 9.17) is 4.74 Å². The highest BCUT2D eigenvalue weighted by Crippen LogP contribution is 2.52. The van der Waals surface area contributed by atoms with Crippen molar-refractivity contribution < 1.29 is 4.74 Å². The van der Waals surface area contributed by atoms with Crippen molar-refractivity contribution in [1.82, 2.24) is 0 Å². The lowest BCUT2D eigenvalue weighted by Gasteiger charge is -2.28. The largest absolute Gasteiger partial charge is 0.456 e. The van der Waals surface area contributed by atoms with Gasteiger partial charge in [-0.15, -0.1) is 22.7 Å². The first kappa shape index (κ1) is 34.4. The maximum absolute atomic E-state index is 6.93. The predicted molar refractivity (Wildman–Crippen MR) is 262 cm³/mol. The quantitative estimate of drug-likeness (QED) is 0.156. The number of fused-ring (bicyclic) bond motifs is 10. The molecule has 0 unspecified atom stereocenters. The number of rotatable bonds is 6. The molecule has 5 heteroatoms. The minimum absolute atomic E-state index is 0.850. The van der Waals surface area contributed by atoms with Crippen molar-refractivity contribution in [2.45, 2.75) is 0 Å². The molecule has 0 N–H and O–H groups in total. The second kappa shape index (κ2) is 13.5. The number of nitrogens with zero attached hydrogens (tertiary/aromatic N) is 2. The molecule has 10 aromatic carbocycles. The normalized spacial score (nSPS) is 12.1. The summed E-state index contributed by atoms with van der Waals surface area (Å²) in [5, 5.41) is 9.83. The zero-order chi connectivity index (χ0) is 40.0. The molecule has 12 aromatic rings. The van der Waals surface area contributed by atoms with Gasteiger partial charge in [0.1, 0.15) is 11.5 Å². The summed E-state index contributed by atoms with van der Waals surface area (Å²) in [5.41, 5.74) is 8.87. The Balaban J connectivity index is 0.944. The van der Waals surface area contributed by atoms with Gasteiger partial charge in [0, 0.05) is 91.5 Å². The molecule has 0 radical (unpaired) electrons. The van der Waals surface area contributed by atoms with Gasteiger partial charge < -0.3 is 14.5 Å². The minimum Gasteiger partial charge on any atom is -0.456 e. The fourth-order valence-electron chi connectivity index (χ4n) is 9.43. The molecule has 2 aromatic heterocycles. The van der Waals surface area contributed by atoms with E-state index in [9.17, 15) is 0 Å². The monoisotopic (exact) mass is 814 g/mol. The van der Waals surface area contributed by atoms with Crippen molar-refractivity contribution in [3.8, 4) is 22.6 Å². The van der Waals surface area contributed by atoms with Crippen LogP contribution in [0.4, 0.5) is 34.1 Å². The summed E-state index contributed by atoms with van der Waals surface area (Å²) < 4.78 is 12.1. The van der Waals surface area contributed by atoms with Gasteiger partial charge in [0.25, 0.3) is 0 Å². The van der Waals surface area contributed by atoms with Crippen LogP contribution in [-0.4, -0.2) is 0 Å². The van der Waals surface area contributed by atoms with Crippen molar-refractivity contribution in [3.05, 3.63) is 206 Å². The summed E-state index contributed by atoms with van der Waals surface area (Å²) in [5.74, 6) is 1.72. The van der Waals surface area contributed by atoms with Crippen LogP contribution >= 0.6 is 22.7 Å². The topological polar surface area (TPSA) is 15.7 Å². The third-order valence-electron chi connectivity index (χ3n) is 12.2. The van der Waals surface area contributed by atoms with E-state index in [-0.39, 0.29) is 0 Å². The van der Waals surface area contributed by atoms with E-state index in [2.05, 4.69) is 216 Å². The number of ether oxygens (including phenoxy) is 1. The maximum Gasteiger partial charge on any atom is 0.137 e. The Bertz CT molecular complexity index is 3700. The highest BCUT2D eigenvalue weighted by atomic mass is 32.1. The van der Waals surface area contributed by atoms with E-state index < -0.39 is 0 Å². The van der Waals surface area contributed by atoms with Crippen LogP contribution in [0.2, 0.25) is 0 Å². The zero-order valence-electron chi connectivity index (χ0n) is 32.7. The molecule has 1 aliphatic heterocycles. The zero-order valence-corrected chi connectivity index (χ0v) is 34.4. The second-order valence-corrected chi connectivity index (χ2v) is 17.9. The van der Waals surface area contributed by atoms with Crippen LogP contribution in [0.3, 0.4) is 0 Å². The van der Waals surface area contributed by atoms with Crippen LogP contribution < -0.4 is 14.5 Å². The lowest BCUT2D eigenvalue weighted by Crippen LogP contribution is -2.10. The number of benzene rings is 10. The molecule has 1 aliphatic rings. The number of thiophene rings is 2. The first-order valence-electron chi connectivity index (χ1n) is 20.6. The van der Waals surface area contributed by atoms with Gasteiger partial charge in [0.15, 0.2) is 0 Å². The standard InChI is InChI=1S/C56H34N2OS2/c1-3-12-36(13-4-1)57(39-25-28-54-47(32-39)43-16-7-9-20-52(43)60-54)38-23-22-35-30-49-42-27-24-41(34-51(42)59-50-19-11-18-45(56(49)50)46(35)31-38)58(37-14-5-2-6-15-37)40-26-29-55-48(33-40)44-17-8-10-21-53(44)61-55/h1-34H. The number of anilines is 6. The lowest BCUT2D eigenvalue weighted by atomic mass is 9.90. The molecule has 61 heavy (non-hydrogen) atoms. The molecular formula is C56H34N2OS2. The summed E-state index contributed by atoms with van der Waals surface area (Å²) in [7, 11) is 0. The highest BCUT2D eigenvalue weighted by Gasteiger charge is 2.25. The molecule has 0 saturated carbocycles. The SMILES string of the molecule is c1ccc(N(c2ccc3c(c2)Oc2cccc4c2c-3cc2ccc(N(c3ccccc3)c3ccc5sc6ccccc6c5c3)cc24)c2ccc3sc4ccccc4c3c2)cc1. The van der Waals surface area contributed by atoms with Crippen LogP contribution in [0.25, 0.3) is 73.0 Å². The van der Waals surface area contributed by atoms with Gasteiger partial charge in [0.05, 0.1) is 0 Å². The fourth-order valence-corrected chi connectivity index (χ4v) is 11.6. The molecule has 0 spiro atoms. The van der Waals surface area contributed by atoms with E-state index in [0.717, 1.165) is 56.6 Å². The van der Waals surface area contributed by atoms with Crippen LogP contribution in [-0.2, 0) is 0 Å². The van der Waals surface area contributed by atoms with Crippen LogP contribution in [0.1, 0.15) is 0 Å². The van der Waals surface area contributed by atoms with Crippen molar-refractivity contribution >= 4 is 119 Å². The third kappa shape index (κ3) is 5.48. The van der Waals surface area contributed by atoms with Gasteiger partial charge in [0.2, 0.25) is 0 Å². The summed E-state index contributed by atoms with van der Waals surface area (Å²) in [6.45, 7) is 0. The van der Waals surface area contributed by atoms with Crippen LogP contribution in [0.5, 0.6) is 11.5 Å². The molecular weight excluding hydrogens is 781 g/mol. The molecule has 0 saturated heterocycles. The Hall–Kier alpha value is -7.44. The molecule has 13 rings (SSSR count). The number of para-hydroxylation sites is 2. The smallest absolute Gasteiger partial charge is 0.137 e. The fraction of sp³-hybridized carbons (Fsp3) is 0. The average Bonchev–Trinajstić information content (AvgIpc) is 3.88. The van der Waals surface area contributed by atoms with Crippen LogP contribution in [0.15, 0.2) is 206 Å². The maximum atomic E-state index is 6.93. The Morgan fingerprint density at radius 1 is 0.295 bits per heavy atom. The van der Waals surface area contributed by atoms with Gasteiger partial charge in [-0.3, -0.25) is 0 Å². The van der Waals surface area contributed by atoms with Gasteiger partial charge in [-0.25, -0.2) is 0 Å².